The average Bonchev–Trinajstić information content (AvgIpc) is 2.99. The van der Waals surface area contributed by atoms with Gasteiger partial charge in [0.05, 0.1) is 6.54 Å². The number of nitrogens with two attached hydrogens (primary N) is 1. The van der Waals surface area contributed by atoms with Crippen LogP contribution in [0.5, 0.6) is 0 Å². The predicted molar refractivity (Wildman–Crippen MR) is 61.7 cm³/mol. The molecule has 0 unspecified atom stereocenters. The van der Waals surface area contributed by atoms with Crippen LogP contribution >= 0.6 is 11.8 Å². The van der Waals surface area contributed by atoms with E-state index in [9.17, 15) is 0 Å². The molecule has 0 radical (unpaired) electrons. The minimum absolute atomic E-state index is 0.483. The molecule has 84 valence electrons. The van der Waals surface area contributed by atoms with Crippen molar-refractivity contribution in [3.05, 3.63) is 5.82 Å². The molecule has 5 heteroatoms. The van der Waals surface area contributed by atoms with Crippen LogP contribution in [0.4, 0.5) is 0 Å². The molecule has 2 N–H and O–H groups in total. The standard InChI is InChI=1S/C10H18N4S/c1-2-5-14-9(6-11)12-13-10(14)15-7-8-3-4-8/h8H,2-7,11H2,1H3. The van der Waals surface area contributed by atoms with Gasteiger partial charge in [0.2, 0.25) is 0 Å². The molecular weight excluding hydrogens is 208 g/mol. The van der Waals surface area contributed by atoms with E-state index in [1.54, 1.807) is 0 Å². The lowest BCUT2D eigenvalue weighted by Crippen LogP contribution is -2.09. The fraction of sp³-hybridized carbons (Fsp3) is 0.800. The SMILES string of the molecule is CCCn1c(CN)nnc1SCC1CC1. The van der Waals surface area contributed by atoms with E-state index in [1.165, 1.54) is 18.6 Å². The molecule has 0 spiro atoms. The molecule has 0 aliphatic heterocycles. The van der Waals surface area contributed by atoms with E-state index >= 15 is 0 Å². The minimum Gasteiger partial charge on any atom is -0.324 e. The first-order chi connectivity index (χ1) is 7.35. The highest BCUT2D eigenvalue weighted by atomic mass is 32.2. The fourth-order valence-corrected chi connectivity index (χ4v) is 2.67. The summed E-state index contributed by atoms with van der Waals surface area (Å²) in [4.78, 5) is 0. The molecule has 4 nitrogen and oxygen atoms in total. The van der Waals surface area contributed by atoms with Crippen molar-refractivity contribution >= 4 is 11.8 Å². The quantitative estimate of drug-likeness (QED) is 0.749. The van der Waals surface area contributed by atoms with Crippen LogP contribution in [-0.2, 0) is 13.1 Å². The lowest BCUT2D eigenvalue weighted by molar-refractivity contribution is 0.592. The molecule has 0 saturated heterocycles. The van der Waals surface area contributed by atoms with E-state index in [0.29, 0.717) is 6.54 Å². The van der Waals surface area contributed by atoms with Crippen molar-refractivity contribution in [2.45, 2.75) is 44.4 Å². The topological polar surface area (TPSA) is 56.7 Å². The number of rotatable bonds is 6. The van der Waals surface area contributed by atoms with Crippen LogP contribution in [0.15, 0.2) is 5.16 Å². The predicted octanol–water partition coefficient (Wildman–Crippen LogP) is 1.65. The van der Waals surface area contributed by atoms with Crippen LogP contribution < -0.4 is 5.73 Å². The number of thioether (sulfide) groups is 1. The molecule has 0 amide bonds. The van der Waals surface area contributed by atoms with E-state index in [0.717, 1.165) is 29.9 Å². The van der Waals surface area contributed by atoms with Crippen LogP contribution in [0.1, 0.15) is 32.0 Å². The number of hydrogen-bond donors (Lipinski definition) is 1. The Bertz CT molecular complexity index is 319. The van der Waals surface area contributed by atoms with Gasteiger partial charge in [0.1, 0.15) is 5.82 Å². The molecule has 0 atom stereocenters. The average molecular weight is 226 g/mol. The maximum atomic E-state index is 5.63. The largest absolute Gasteiger partial charge is 0.324 e. The van der Waals surface area contributed by atoms with E-state index in [2.05, 4.69) is 21.7 Å². The van der Waals surface area contributed by atoms with Gasteiger partial charge in [-0.25, -0.2) is 0 Å². The maximum absolute atomic E-state index is 5.63. The molecule has 1 aliphatic carbocycles. The summed E-state index contributed by atoms with van der Waals surface area (Å²) in [6.07, 6.45) is 3.87. The summed E-state index contributed by atoms with van der Waals surface area (Å²) in [6, 6.07) is 0. The second-order valence-corrected chi connectivity index (χ2v) is 5.00. The Morgan fingerprint density at radius 3 is 2.87 bits per heavy atom. The third-order valence-corrected chi connectivity index (χ3v) is 3.77. The molecule has 1 aliphatic rings. The van der Waals surface area contributed by atoms with Gasteiger partial charge in [-0.15, -0.1) is 10.2 Å². The molecule has 2 rings (SSSR count). The molecule has 0 bridgehead atoms. The van der Waals surface area contributed by atoms with E-state index in [1.807, 2.05) is 11.8 Å². The van der Waals surface area contributed by atoms with Crippen LogP contribution in [-0.4, -0.2) is 20.5 Å². The van der Waals surface area contributed by atoms with Crippen molar-refractivity contribution in [1.82, 2.24) is 14.8 Å². The Balaban J connectivity index is 2.02. The second-order valence-electron chi connectivity index (χ2n) is 4.01. The van der Waals surface area contributed by atoms with Gasteiger partial charge in [-0.1, -0.05) is 18.7 Å². The fourth-order valence-electron chi connectivity index (χ4n) is 1.50. The monoisotopic (exact) mass is 226 g/mol. The summed E-state index contributed by atoms with van der Waals surface area (Å²) >= 11 is 1.83. The van der Waals surface area contributed by atoms with Crippen molar-refractivity contribution in [2.75, 3.05) is 5.75 Å². The van der Waals surface area contributed by atoms with Crippen LogP contribution in [0.2, 0.25) is 0 Å². The highest BCUT2D eigenvalue weighted by Gasteiger charge is 2.22. The lowest BCUT2D eigenvalue weighted by atomic mass is 10.4. The van der Waals surface area contributed by atoms with Gasteiger partial charge < -0.3 is 10.3 Å². The third-order valence-electron chi connectivity index (χ3n) is 2.57. The molecule has 1 saturated carbocycles. The number of hydrogen-bond acceptors (Lipinski definition) is 4. The Labute approximate surface area is 94.6 Å². The Morgan fingerprint density at radius 2 is 2.27 bits per heavy atom. The molecule has 0 aromatic carbocycles. The van der Waals surface area contributed by atoms with E-state index in [-0.39, 0.29) is 0 Å². The zero-order valence-electron chi connectivity index (χ0n) is 9.15. The Morgan fingerprint density at radius 1 is 1.47 bits per heavy atom. The number of aromatic nitrogens is 3. The first-order valence-corrected chi connectivity index (χ1v) is 6.58. The first kappa shape index (κ1) is 11.0. The molecule has 1 aromatic heterocycles. The number of nitrogens with zero attached hydrogens (tertiary/aromatic N) is 3. The molecular formula is C10H18N4S. The van der Waals surface area contributed by atoms with E-state index in [4.69, 9.17) is 5.73 Å². The van der Waals surface area contributed by atoms with Gasteiger partial charge in [-0.05, 0) is 25.2 Å². The molecule has 1 aromatic rings. The van der Waals surface area contributed by atoms with E-state index < -0.39 is 0 Å². The van der Waals surface area contributed by atoms with Crippen molar-refractivity contribution in [1.29, 1.82) is 0 Å². The Kier molecular flexibility index (Phi) is 3.64. The Hall–Kier alpha value is -0.550. The van der Waals surface area contributed by atoms with Crippen LogP contribution in [0, 0.1) is 5.92 Å². The zero-order valence-corrected chi connectivity index (χ0v) is 9.96. The van der Waals surface area contributed by atoms with Gasteiger partial charge in [0.15, 0.2) is 5.16 Å². The molecule has 1 heterocycles. The zero-order chi connectivity index (χ0) is 10.7. The summed E-state index contributed by atoms with van der Waals surface area (Å²) in [5.74, 6) is 3.02. The summed E-state index contributed by atoms with van der Waals surface area (Å²) in [7, 11) is 0. The second kappa shape index (κ2) is 4.99. The summed E-state index contributed by atoms with van der Waals surface area (Å²) in [5, 5.41) is 9.37. The maximum Gasteiger partial charge on any atom is 0.191 e. The van der Waals surface area contributed by atoms with Gasteiger partial charge in [-0.3, -0.25) is 0 Å². The van der Waals surface area contributed by atoms with Gasteiger partial charge in [0, 0.05) is 12.3 Å². The lowest BCUT2D eigenvalue weighted by Gasteiger charge is -2.06. The highest BCUT2D eigenvalue weighted by molar-refractivity contribution is 7.99. The highest BCUT2D eigenvalue weighted by Crippen LogP contribution is 2.34. The summed E-state index contributed by atoms with van der Waals surface area (Å²) in [6.45, 7) is 3.62. The van der Waals surface area contributed by atoms with Gasteiger partial charge in [0.25, 0.3) is 0 Å². The smallest absolute Gasteiger partial charge is 0.191 e. The first-order valence-electron chi connectivity index (χ1n) is 5.60. The summed E-state index contributed by atoms with van der Waals surface area (Å²) < 4.78 is 2.16. The van der Waals surface area contributed by atoms with Crippen LogP contribution in [0.3, 0.4) is 0 Å². The normalized spacial score (nSPS) is 15.9. The van der Waals surface area contributed by atoms with Gasteiger partial charge >= 0.3 is 0 Å². The van der Waals surface area contributed by atoms with Gasteiger partial charge in [-0.2, -0.15) is 0 Å². The van der Waals surface area contributed by atoms with Crippen molar-refractivity contribution in [3.63, 3.8) is 0 Å². The third kappa shape index (κ3) is 2.72. The molecule has 15 heavy (non-hydrogen) atoms. The summed E-state index contributed by atoms with van der Waals surface area (Å²) in [5.41, 5.74) is 5.63. The molecule has 1 fully saturated rings. The van der Waals surface area contributed by atoms with Crippen LogP contribution in [0.25, 0.3) is 0 Å². The minimum atomic E-state index is 0.483. The van der Waals surface area contributed by atoms with Crippen molar-refractivity contribution in [3.8, 4) is 0 Å². The van der Waals surface area contributed by atoms with Crippen molar-refractivity contribution < 1.29 is 0 Å². The van der Waals surface area contributed by atoms with Crippen molar-refractivity contribution in [2.24, 2.45) is 11.7 Å².